The van der Waals surface area contributed by atoms with E-state index in [1.165, 1.54) is 6.39 Å². The van der Waals surface area contributed by atoms with Gasteiger partial charge in [0.2, 0.25) is 5.91 Å². The molecule has 0 bridgehead atoms. The highest BCUT2D eigenvalue weighted by atomic mass is 16.3. The number of nitrogens with zero attached hydrogens (tertiary/aromatic N) is 3. The molecule has 19 heavy (non-hydrogen) atoms. The van der Waals surface area contributed by atoms with Gasteiger partial charge < -0.3 is 9.32 Å². The average Bonchev–Trinajstić information content (AvgIpc) is 3.00. The van der Waals surface area contributed by atoms with Crippen molar-refractivity contribution >= 4 is 5.91 Å². The van der Waals surface area contributed by atoms with E-state index < -0.39 is 0 Å². The second kappa shape index (κ2) is 5.33. The number of amides is 1. The zero-order valence-corrected chi connectivity index (χ0v) is 11.5. The van der Waals surface area contributed by atoms with Gasteiger partial charge in [0, 0.05) is 38.6 Å². The fourth-order valence-electron chi connectivity index (χ4n) is 3.14. The van der Waals surface area contributed by atoms with Crippen molar-refractivity contribution < 1.29 is 9.21 Å². The third-order valence-electron chi connectivity index (χ3n) is 4.33. The SMILES string of the molecule is Cc1ocnc1CN1CCC(N2CCCC2=O)CC1. The predicted molar refractivity (Wildman–Crippen MR) is 70.5 cm³/mol. The zero-order valence-electron chi connectivity index (χ0n) is 11.5. The number of hydrogen-bond acceptors (Lipinski definition) is 4. The molecule has 0 aliphatic carbocycles. The first-order valence-corrected chi connectivity index (χ1v) is 7.15. The molecule has 5 heteroatoms. The van der Waals surface area contributed by atoms with E-state index in [4.69, 9.17) is 4.42 Å². The van der Waals surface area contributed by atoms with Crippen LogP contribution in [0.4, 0.5) is 0 Å². The molecule has 3 heterocycles. The lowest BCUT2D eigenvalue weighted by molar-refractivity contribution is -0.130. The number of aromatic nitrogens is 1. The van der Waals surface area contributed by atoms with Gasteiger partial charge in [0.05, 0.1) is 5.69 Å². The van der Waals surface area contributed by atoms with Crippen LogP contribution in [0.5, 0.6) is 0 Å². The number of rotatable bonds is 3. The maximum atomic E-state index is 11.7. The second-order valence-corrected chi connectivity index (χ2v) is 5.55. The topological polar surface area (TPSA) is 49.6 Å². The maximum absolute atomic E-state index is 11.7. The van der Waals surface area contributed by atoms with Gasteiger partial charge in [0.25, 0.3) is 0 Å². The van der Waals surface area contributed by atoms with Crippen molar-refractivity contribution in [3.63, 3.8) is 0 Å². The summed E-state index contributed by atoms with van der Waals surface area (Å²) < 4.78 is 5.23. The molecule has 0 atom stereocenters. The summed E-state index contributed by atoms with van der Waals surface area (Å²) in [7, 11) is 0. The van der Waals surface area contributed by atoms with Crippen LogP contribution in [0.1, 0.15) is 37.1 Å². The van der Waals surface area contributed by atoms with Crippen LogP contribution in [0.3, 0.4) is 0 Å². The van der Waals surface area contributed by atoms with Gasteiger partial charge in [-0.1, -0.05) is 0 Å². The van der Waals surface area contributed by atoms with Gasteiger partial charge in [-0.25, -0.2) is 4.98 Å². The summed E-state index contributed by atoms with van der Waals surface area (Å²) in [5.41, 5.74) is 1.04. The number of aryl methyl sites for hydroxylation is 1. The van der Waals surface area contributed by atoms with Gasteiger partial charge in [-0.05, 0) is 26.2 Å². The van der Waals surface area contributed by atoms with Crippen molar-refractivity contribution in [2.45, 2.75) is 45.2 Å². The van der Waals surface area contributed by atoms with Crippen molar-refractivity contribution in [3.05, 3.63) is 17.8 Å². The van der Waals surface area contributed by atoms with Crippen LogP contribution in [0, 0.1) is 6.92 Å². The highest BCUT2D eigenvalue weighted by Gasteiger charge is 2.30. The van der Waals surface area contributed by atoms with E-state index in [1.807, 2.05) is 6.92 Å². The maximum Gasteiger partial charge on any atom is 0.222 e. The molecule has 0 radical (unpaired) electrons. The summed E-state index contributed by atoms with van der Waals surface area (Å²) in [5.74, 6) is 1.27. The number of carbonyl (C=O) groups excluding carboxylic acids is 1. The van der Waals surface area contributed by atoms with E-state index in [0.717, 1.165) is 63.3 Å². The largest absolute Gasteiger partial charge is 0.448 e. The van der Waals surface area contributed by atoms with Crippen molar-refractivity contribution in [3.8, 4) is 0 Å². The molecule has 0 spiro atoms. The minimum atomic E-state index is 0.353. The van der Waals surface area contributed by atoms with E-state index in [9.17, 15) is 4.79 Å². The minimum Gasteiger partial charge on any atom is -0.448 e. The van der Waals surface area contributed by atoms with Gasteiger partial charge in [-0.2, -0.15) is 0 Å². The highest BCUT2D eigenvalue weighted by molar-refractivity contribution is 5.78. The molecule has 0 N–H and O–H groups in total. The van der Waals surface area contributed by atoms with Crippen LogP contribution in [-0.4, -0.2) is 46.4 Å². The molecule has 0 aromatic carbocycles. The standard InChI is InChI=1S/C14H21N3O2/c1-11-13(15-10-19-11)9-16-7-4-12(5-8-16)17-6-2-3-14(17)18/h10,12H,2-9H2,1H3. The zero-order chi connectivity index (χ0) is 13.2. The van der Waals surface area contributed by atoms with E-state index >= 15 is 0 Å². The predicted octanol–water partition coefficient (Wildman–Crippen LogP) is 1.57. The van der Waals surface area contributed by atoms with Crippen LogP contribution in [0.2, 0.25) is 0 Å². The average molecular weight is 263 g/mol. The Bertz CT molecular complexity index is 449. The van der Waals surface area contributed by atoms with E-state index in [1.54, 1.807) is 0 Å². The van der Waals surface area contributed by atoms with Crippen LogP contribution in [0.25, 0.3) is 0 Å². The quantitative estimate of drug-likeness (QED) is 0.830. The molecule has 0 saturated carbocycles. The molecule has 1 aromatic heterocycles. The van der Waals surface area contributed by atoms with Crippen molar-refractivity contribution in [2.24, 2.45) is 0 Å². The summed E-state index contributed by atoms with van der Waals surface area (Å²) in [6, 6.07) is 0.463. The Kier molecular flexibility index (Phi) is 3.55. The van der Waals surface area contributed by atoms with Gasteiger partial charge in [-0.15, -0.1) is 0 Å². The Morgan fingerprint density at radius 3 is 2.74 bits per heavy atom. The number of oxazole rings is 1. The molecule has 104 valence electrons. The minimum absolute atomic E-state index is 0.353. The molecule has 2 fully saturated rings. The highest BCUT2D eigenvalue weighted by Crippen LogP contribution is 2.23. The molecule has 3 rings (SSSR count). The Labute approximate surface area is 113 Å². The van der Waals surface area contributed by atoms with E-state index in [2.05, 4.69) is 14.8 Å². The second-order valence-electron chi connectivity index (χ2n) is 5.55. The molecule has 1 amide bonds. The smallest absolute Gasteiger partial charge is 0.222 e. The fraction of sp³-hybridized carbons (Fsp3) is 0.714. The summed E-state index contributed by atoms with van der Waals surface area (Å²) in [5, 5.41) is 0. The number of hydrogen-bond donors (Lipinski definition) is 0. The summed E-state index contributed by atoms with van der Waals surface area (Å²) in [4.78, 5) is 20.5. The van der Waals surface area contributed by atoms with Crippen molar-refractivity contribution in [2.75, 3.05) is 19.6 Å². The lowest BCUT2D eigenvalue weighted by Crippen LogP contribution is -2.45. The lowest BCUT2D eigenvalue weighted by Gasteiger charge is -2.36. The van der Waals surface area contributed by atoms with E-state index in [-0.39, 0.29) is 0 Å². The van der Waals surface area contributed by atoms with Crippen molar-refractivity contribution in [1.82, 2.24) is 14.8 Å². The normalized spacial score (nSPS) is 22.4. The fourth-order valence-corrected chi connectivity index (χ4v) is 3.14. The lowest BCUT2D eigenvalue weighted by atomic mass is 10.0. The molecule has 2 saturated heterocycles. The molecule has 2 aliphatic rings. The van der Waals surface area contributed by atoms with Crippen LogP contribution < -0.4 is 0 Å². The van der Waals surface area contributed by atoms with Crippen molar-refractivity contribution in [1.29, 1.82) is 0 Å². The van der Waals surface area contributed by atoms with Crippen LogP contribution >= 0.6 is 0 Å². The summed E-state index contributed by atoms with van der Waals surface area (Å²) in [6.07, 6.45) is 5.47. The molecule has 0 unspecified atom stereocenters. The molecule has 5 nitrogen and oxygen atoms in total. The number of carbonyl (C=O) groups is 1. The van der Waals surface area contributed by atoms with Gasteiger partial charge >= 0.3 is 0 Å². The summed E-state index contributed by atoms with van der Waals surface area (Å²) >= 11 is 0. The first-order valence-electron chi connectivity index (χ1n) is 7.15. The third kappa shape index (κ3) is 2.66. The Balaban J connectivity index is 1.52. The number of piperidine rings is 1. The third-order valence-corrected chi connectivity index (χ3v) is 4.33. The van der Waals surface area contributed by atoms with Gasteiger partial charge in [0.15, 0.2) is 6.39 Å². The molecular weight excluding hydrogens is 242 g/mol. The van der Waals surface area contributed by atoms with Gasteiger partial charge in [-0.3, -0.25) is 9.69 Å². The van der Waals surface area contributed by atoms with Crippen LogP contribution in [-0.2, 0) is 11.3 Å². The Hall–Kier alpha value is -1.36. The molecule has 2 aliphatic heterocycles. The summed E-state index contributed by atoms with van der Waals surface area (Å²) in [6.45, 7) is 5.87. The number of likely N-dealkylation sites (tertiary alicyclic amines) is 2. The molecule has 1 aromatic rings. The Morgan fingerprint density at radius 1 is 1.37 bits per heavy atom. The first kappa shape index (κ1) is 12.7. The first-order chi connectivity index (χ1) is 9.24. The molecular formula is C14H21N3O2. The monoisotopic (exact) mass is 263 g/mol. The Morgan fingerprint density at radius 2 is 2.16 bits per heavy atom. The van der Waals surface area contributed by atoms with Crippen LogP contribution in [0.15, 0.2) is 10.8 Å². The van der Waals surface area contributed by atoms with Gasteiger partial charge in [0.1, 0.15) is 5.76 Å². The van der Waals surface area contributed by atoms with E-state index in [0.29, 0.717) is 11.9 Å².